The maximum Gasteiger partial charge on any atom is 0.435 e. The Morgan fingerprint density at radius 3 is 2.61 bits per heavy atom. The van der Waals surface area contributed by atoms with Gasteiger partial charge >= 0.3 is 6.18 Å². The Hall–Kier alpha value is -3.73. The number of hydrogen-bond donors (Lipinski definition) is 2. The predicted molar refractivity (Wildman–Crippen MR) is 113 cm³/mol. The molecule has 1 aliphatic rings. The van der Waals surface area contributed by atoms with Crippen molar-refractivity contribution >= 4 is 23.2 Å². The second-order valence-electron chi connectivity index (χ2n) is 7.61. The SMILES string of the molecule is O=C(Nc1ccc(-n2ccc(C(F)(F)F)n2)c(-c2nnn[nH]2)c1)C1CC1c1ccc(Cl)cc1. The number of carbonyl (C=O) groups is 1. The number of nitrogens with zero attached hydrogens (tertiary/aromatic N) is 5. The summed E-state index contributed by atoms with van der Waals surface area (Å²) in [6, 6.07) is 13.0. The maximum atomic E-state index is 13.0. The fraction of sp³-hybridized carbons (Fsp3) is 0.190. The summed E-state index contributed by atoms with van der Waals surface area (Å²) in [4.78, 5) is 12.8. The van der Waals surface area contributed by atoms with Gasteiger partial charge in [-0.2, -0.15) is 18.3 Å². The number of amides is 1. The van der Waals surface area contributed by atoms with Crippen LogP contribution in [0.4, 0.5) is 18.9 Å². The Balaban J connectivity index is 1.39. The van der Waals surface area contributed by atoms with Gasteiger partial charge in [-0.25, -0.2) is 9.78 Å². The van der Waals surface area contributed by atoms with E-state index in [0.29, 0.717) is 22.0 Å². The number of hydrogen-bond acceptors (Lipinski definition) is 5. The minimum Gasteiger partial charge on any atom is -0.326 e. The monoisotopic (exact) mass is 473 g/mol. The quantitative estimate of drug-likeness (QED) is 0.445. The summed E-state index contributed by atoms with van der Waals surface area (Å²) in [5.74, 6) is 0.00414. The fourth-order valence-corrected chi connectivity index (χ4v) is 3.81. The summed E-state index contributed by atoms with van der Waals surface area (Å²) < 4.78 is 40.0. The lowest BCUT2D eigenvalue weighted by atomic mass is 10.1. The third kappa shape index (κ3) is 4.31. The topological polar surface area (TPSA) is 101 Å². The van der Waals surface area contributed by atoms with E-state index in [-0.39, 0.29) is 23.6 Å². The molecule has 1 aliphatic carbocycles. The van der Waals surface area contributed by atoms with E-state index in [1.807, 2.05) is 12.1 Å². The van der Waals surface area contributed by atoms with Crippen LogP contribution in [0, 0.1) is 5.92 Å². The summed E-state index contributed by atoms with van der Waals surface area (Å²) in [7, 11) is 0. The number of benzene rings is 2. The first-order valence-corrected chi connectivity index (χ1v) is 10.2. The number of nitrogens with one attached hydrogen (secondary N) is 2. The van der Waals surface area contributed by atoms with Gasteiger partial charge < -0.3 is 5.32 Å². The molecular weight excluding hydrogens is 459 g/mol. The molecule has 1 amide bonds. The normalized spacial score (nSPS) is 17.7. The molecule has 8 nitrogen and oxygen atoms in total. The molecule has 2 N–H and O–H groups in total. The zero-order valence-corrected chi connectivity index (χ0v) is 17.5. The highest BCUT2D eigenvalue weighted by Gasteiger charge is 2.44. The Morgan fingerprint density at radius 1 is 1.15 bits per heavy atom. The third-order valence-corrected chi connectivity index (χ3v) is 5.67. The highest BCUT2D eigenvalue weighted by molar-refractivity contribution is 6.30. The lowest BCUT2D eigenvalue weighted by Gasteiger charge is -2.11. The van der Waals surface area contributed by atoms with Crippen LogP contribution < -0.4 is 5.32 Å². The number of carbonyl (C=O) groups excluding carboxylic acids is 1. The van der Waals surface area contributed by atoms with Crippen molar-refractivity contribution in [3.05, 3.63) is 71.0 Å². The minimum atomic E-state index is -4.57. The molecule has 1 fully saturated rings. The molecule has 12 heteroatoms. The summed E-state index contributed by atoms with van der Waals surface area (Å²) in [6.07, 6.45) is -2.65. The lowest BCUT2D eigenvalue weighted by molar-refractivity contribution is -0.141. The van der Waals surface area contributed by atoms with Gasteiger partial charge in [-0.15, -0.1) is 5.10 Å². The molecule has 2 aromatic heterocycles. The molecule has 33 heavy (non-hydrogen) atoms. The van der Waals surface area contributed by atoms with Gasteiger partial charge in [0.15, 0.2) is 11.5 Å². The van der Waals surface area contributed by atoms with Crippen molar-refractivity contribution in [2.45, 2.75) is 18.5 Å². The molecular formula is C21H15ClF3N7O. The van der Waals surface area contributed by atoms with E-state index in [0.717, 1.165) is 22.7 Å². The second kappa shape index (κ2) is 8.00. The van der Waals surface area contributed by atoms with Crippen LogP contribution in [0.5, 0.6) is 0 Å². The lowest BCUT2D eigenvalue weighted by Crippen LogP contribution is -2.15. The van der Waals surface area contributed by atoms with E-state index in [1.54, 1.807) is 30.3 Å². The number of alkyl halides is 3. The van der Waals surface area contributed by atoms with Gasteiger partial charge in [0, 0.05) is 28.4 Å². The van der Waals surface area contributed by atoms with Crippen LogP contribution in [0.2, 0.25) is 5.02 Å². The van der Waals surface area contributed by atoms with Crippen LogP contribution in [0.25, 0.3) is 17.1 Å². The van der Waals surface area contributed by atoms with E-state index < -0.39 is 11.9 Å². The number of tetrazole rings is 1. The van der Waals surface area contributed by atoms with Gasteiger partial charge in [-0.05, 0) is 64.7 Å². The summed E-state index contributed by atoms with van der Waals surface area (Å²) in [5.41, 5.74) is 1.17. The Morgan fingerprint density at radius 2 is 1.94 bits per heavy atom. The number of aromatic amines is 1. The molecule has 1 saturated carbocycles. The Kier molecular flexibility index (Phi) is 5.12. The molecule has 2 unspecified atom stereocenters. The number of H-pyrrole nitrogens is 1. The number of halogens is 4. The third-order valence-electron chi connectivity index (χ3n) is 5.42. The molecule has 4 aromatic rings. The summed E-state index contributed by atoms with van der Waals surface area (Å²) in [6.45, 7) is 0. The Bertz CT molecular complexity index is 1300. The smallest absolute Gasteiger partial charge is 0.326 e. The summed E-state index contributed by atoms with van der Waals surface area (Å²) in [5, 5.41) is 20.6. The number of anilines is 1. The highest BCUT2D eigenvalue weighted by Crippen LogP contribution is 2.48. The Labute approximate surface area is 189 Å². The van der Waals surface area contributed by atoms with Crippen LogP contribution in [0.15, 0.2) is 54.7 Å². The molecule has 2 heterocycles. The average molecular weight is 474 g/mol. The minimum absolute atomic E-state index is 0.115. The van der Waals surface area contributed by atoms with Crippen molar-refractivity contribution in [1.29, 1.82) is 0 Å². The maximum absolute atomic E-state index is 13.0. The molecule has 168 valence electrons. The standard InChI is InChI=1S/C21H15ClF3N7O/c22-12-3-1-11(2-4-12)14-10-15(14)20(33)26-13-5-6-17(16(9-13)19-27-30-31-28-19)32-8-7-18(29-32)21(23,24)25/h1-9,14-15H,10H2,(H,26,33)(H,27,28,30,31). The van der Waals surface area contributed by atoms with Crippen molar-refractivity contribution < 1.29 is 18.0 Å². The molecule has 2 atom stereocenters. The number of rotatable bonds is 5. The van der Waals surface area contributed by atoms with Gasteiger partial charge in [-0.3, -0.25) is 4.79 Å². The van der Waals surface area contributed by atoms with Crippen LogP contribution in [0.3, 0.4) is 0 Å². The van der Waals surface area contributed by atoms with E-state index in [9.17, 15) is 18.0 Å². The van der Waals surface area contributed by atoms with E-state index in [1.165, 1.54) is 6.20 Å². The van der Waals surface area contributed by atoms with Crippen molar-refractivity contribution in [1.82, 2.24) is 30.4 Å². The van der Waals surface area contributed by atoms with Gasteiger partial charge in [0.05, 0.1) is 5.69 Å². The van der Waals surface area contributed by atoms with Gasteiger partial charge in [0.25, 0.3) is 0 Å². The summed E-state index contributed by atoms with van der Waals surface area (Å²) >= 11 is 5.92. The van der Waals surface area contributed by atoms with Crippen molar-refractivity contribution in [3.8, 4) is 17.1 Å². The molecule has 0 spiro atoms. The van der Waals surface area contributed by atoms with Crippen LogP contribution >= 0.6 is 11.6 Å². The highest BCUT2D eigenvalue weighted by atomic mass is 35.5. The van der Waals surface area contributed by atoms with E-state index >= 15 is 0 Å². The molecule has 2 aromatic carbocycles. The van der Waals surface area contributed by atoms with E-state index in [4.69, 9.17) is 11.6 Å². The number of aromatic nitrogens is 6. The van der Waals surface area contributed by atoms with Crippen LogP contribution in [-0.4, -0.2) is 36.3 Å². The molecule has 5 rings (SSSR count). The predicted octanol–water partition coefficient (Wildman–Crippen LogP) is 4.47. The first kappa shape index (κ1) is 21.1. The molecule has 0 radical (unpaired) electrons. The van der Waals surface area contributed by atoms with Crippen molar-refractivity contribution in [2.75, 3.05) is 5.32 Å². The molecule has 0 bridgehead atoms. The first-order chi connectivity index (χ1) is 15.8. The van der Waals surface area contributed by atoms with Gasteiger partial charge in [-0.1, -0.05) is 23.7 Å². The van der Waals surface area contributed by atoms with Gasteiger partial charge in [0.1, 0.15) is 0 Å². The van der Waals surface area contributed by atoms with Crippen molar-refractivity contribution in [3.63, 3.8) is 0 Å². The van der Waals surface area contributed by atoms with E-state index in [2.05, 4.69) is 31.0 Å². The zero-order valence-electron chi connectivity index (χ0n) is 16.7. The average Bonchev–Trinajstić information content (AvgIpc) is 3.16. The molecule has 0 aliphatic heterocycles. The zero-order chi connectivity index (χ0) is 23.2. The largest absolute Gasteiger partial charge is 0.435 e. The molecule has 0 saturated heterocycles. The van der Waals surface area contributed by atoms with Gasteiger partial charge in [0.2, 0.25) is 5.91 Å². The van der Waals surface area contributed by atoms with Crippen LogP contribution in [0.1, 0.15) is 23.6 Å². The first-order valence-electron chi connectivity index (χ1n) is 9.87. The second-order valence-corrected chi connectivity index (χ2v) is 8.05. The van der Waals surface area contributed by atoms with Crippen molar-refractivity contribution in [2.24, 2.45) is 5.92 Å². The fourth-order valence-electron chi connectivity index (χ4n) is 3.68. The van der Waals surface area contributed by atoms with Crippen LogP contribution in [-0.2, 0) is 11.0 Å².